The standard InChI is InChI=1S/C17H14N2O3/c20-16-13-9-22-15(8-14(13)18-17(21)19-16)12-7-3-5-10-4-1-2-6-11(10)12/h1-7,15H,8-9H2,(H2,18,19,20,21). The summed E-state index contributed by atoms with van der Waals surface area (Å²) in [6, 6.07) is 14.2. The lowest BCUT2D eigenvalue weighted by atomic mass is 9.95. The fourth-order valence-corrected chi connectivity index (χ4v) is 3.05. The summed E-state index contributed by atoms with van der Waals surface area (Å²) in [5, 5.41) is 2.28. The second-order valence-corrected chi connectivity index (χ2v) is 5.44. The molecule has 2 heterocycles. The van der Waals surface area contributed by atoms with Gasteiger partial charge in [0.1, 0.15) is 0 Å². The molecule has 2 aromatic carbocycles. The zero-order valence-electron chi connectivity index (χ0n) is 11.8. The fourth-order valence-electron chi connectivity index (χ4n) is 3.05. The molecule has 1 unspecified atom stereocenters. The van der Waals surface area contributed by atoms with Crippen LogP contribution < -0.4 is 11.2 Å². The SMILES string of the molecule is O=c1[nH]c2c(c(=O)[nH]1)COC(c1cccc3ccccc13)C2. The van der Waals surface area contributed by atoms with E-state index < -0.39 is 5.69 Å². The van der Waals surface area contributed by atoms with Gasteiger partial charge >= 0.3 is 5.69 Å². The number of nitrogens with one attached hydrogen (secondary N) is 2. The van der Waals surface area contributed by atoms with Crippen molar-refractivity contribution in [2.24, 2.45) is 0 Å². The number of aromatic nitrogens is 2. The first-order valence-corrected chi connectivity index (χ1v) is 7.16. The molecule has 1 aliphatic heterocycles. The van der Waals surface area contributed by atoms with Crippen LogP contribution >= 0.6 is 0 Å². The fraction of sp³-hybridized carbons (Fsp3) is 0.176. The zero-order chi connectivity index (χ0) is 15.1. The molecule has 0 radical (unpaired) electrons. The van der Waals surface area contributed by atoms with Crippen LogP contribution in [-0.2, 0) is 17.8 Å². The summed E-state index contributed by atoms with van der Waals surface area (Å²) in [4.78, 5) is 28.2. The Balaban J connectivity index is 1.81. The Hall–Kier alpha value is -2.66. The van der Waals surface area contributed by atoms with Gasteiger partial charge in [0.25, 0.3) is 5.56 Å². The topological polar surface area (TPSA) is 75.0 Å². The third-order valence-electron chi connectivity index (χ3n) is 4.12. The van der Waals surface area contributed by atoms with Gasteiger partial charge in [-0.3, -0.25) is 9.78 Å². The number of fused-ring (bicyclic) bond motifs is 2. The predicted molar refractivity (Wildman–Crippen MR) is 82.9 cm³/mol. The summed E-state index contributed by atoms with van der Waals surface area (Å²) in [7, 11) is 0. The highest BCUT2D eigenvalue weighted by Crippen LogP contribution is 2.32. The lowest BCUT2D eigenvalue weighted by Crippen LogP contribution is -2.32. The number of ether oxygens (including phenoxy) is 1. The molecule has 5 nitrogen and oxygen atoms in total. The van der Waals surface area contributed by atoms with E-state index in [0.29, 0.717) is 17.7 Å². The Morgan fingerprint density at radius 1 is 1.00 bits per heavy atom. The van der Waals surface area contributed by atoms with E-state index >= 15 is 0 Å². The van der Waals surface area contributed by atoms with Crippen molar-refractivity contribution >= 4 is 10.8 Å². The van der Waals surface area contributed by atoms with Crippen molar-refractivity contribution in [2.45, 2.75) is 19.1 Å². The van der Waals surface area contributed by atoms with Crippen LogP contribution in [0.2, 0.25) is 0 Å². The third-order valence-corrected chi connectivity index (χ3v) is 4.12. The summed E-state index contributed by atoms with van der Waals surface area (Å²) >= 11 is 0. The van der Waals surface area contributed by atoms with Crippen LogP contribution in [0, 0.1) is 0 Å². The number of rotatable bonds is 1. The van der Waals surface area contributed by atoms with Gasteiger partial charge < -0.3 is 9.72 Å². The molecule has 0 bridgehead atoms. The summed E-state index contributed by atoms with van der Waals surface area (Å²) < 4.78 is 5.88. The zero-order valence-corrected chi connectivity index (χ0v) is 11.8. The number of hydrogen-bond donors (Lipinski definition) is 2. The second kappa shape index (κ2) is 4.96. The first-order chi connectivity index (χ1) is 10.7. The average Bonchev–Trinajstić information content (AvgIpc) is 2.53. The van der Waals surface area contributed by atoms with Gasteiger partial charge in [-0.1, -0.05) is 42.5 Å². The Bertz CT molecular complexity index is 966. The van der Waals surface area contributed by atoms with Crippen LogP contribution in [0.15, 0.2) is 52.1 Å². The molecule has 0 amide bonds. The average molecular weight is 294 g/mol. The van der Waals surface area contributed by atoms with Gasteiger partial charge in [-0.2, -0.15) is 0 Å². The Labute approximate surface area is 125 Å². The quantitative estimate of drug-likeness (QED) is 0.721. The molecule has 1 atom stereocenters. The Morgan fingerprint density at radius 3 is 2.73 bits per heavy atom. The Morgan fingerprint density at radius 2 is 1.82 bits per heavy atom. The van der Waals surface area contributed by atoms with Crippen molar-refractivity contribution < 1.29 is 4.74 Å². The first-order valence-electron chi connectivity index (χ1n) is 7.16. The highest BCUT2D eigenvalue weighted by Gasteiger charge is 2.24. The lowest BCUT2D eigenvalue weighted by Gasteiger charge is -2.25. The van der Waals surface area contributed by atoms with Crippen LogP contribution in [0.5, 0.6) is 0 Å². The number of aromatic amines is 2. The van der Waals surface area contributed by atoms with Crippen molar-refractivity contribution in [1.82, 2.24) is 9.97 Å². The molecular formula is C17H14N2O3. The van der Waals surface area contributed by atoms with E-state index in [1.165, 1.54) is 0 Å². The minimum atomic E-state index is -0.470. The van der Waals surface area contributed by atoms with E-state index in [-0.39, 0.29) is 18.3 Å². The monoisotopic (exact) mass is 294 g/mol. The maximum Gasteiger partial charge on any atom is 0.325 e. The van der Waals surface area contributed by atoms with E-state index in [9.17, 15) is 9.59 Å². The van der Waals surface area contributed by atoms with Crippen molar-refractivity contribution in [2.75, 3.05) is 0 Å². The van der Waals surface area contributed by atoms with Gasteiger partial charge in [0.05, 0.1) is 18.3 Å². The summed E-state index contributed by atoms with van der Waals surface area (Å²) in [6.07, 6.45) is 0.318. The van der Waals surface area contributed by atoms with Crippen LogP contribution in [0.25, 0.3) is 10.8 Å². The van der Waals surface area contributed by atoms with Crippen LogP contribution in [0.4, 0.5) is 0 Å². The predicted octanol–water partition coefficient (Wildman–Crippen LogP) is 2.03. The van der Waals surface area contributed by atoms with Crippen molar-refractivity contribution in [1.29, 1.82) is 0 Å². The highest BCUT2D eigenvalue weighted by atomic mass is 16.5. The molecule has 5 heteroatoms. The molecule has 0 fully saturated rings. The summed E-state index contributed by atoms with van der Waals surface area (Å²) in [5.41, 5.74) is 1.41. The molecule has 0 spiro atoms. The van der Waals surface area contributed by atoms with E-state index in [1.54, 1.807) is 0 Å². The molecule has 1 aliphatic rings. The molecule has 4 rings (SSSR count). The first kappa shape index (κ1) is 13.0. The largest absolute Gasteiger partial charge is 0.368 e. The number of H-pyrrole nitrogens is 2. The van der Waals surface area contributed by atoms with Crippen molar-refractivity contribution in [3.8, 4) is 0 Å². The Kier molecular flexibility index (Phi) is 2.94. The minimum Gasteiger partial charge on any atom is -0.368 e. The molecule has 0 aliphatic carbocycles. The maximum atomic E-state index is 11.8. The van der Waals surface area contributed by atoms with Gasteiger partial charge in [-0.05, 0) is 16.3 Å². The van der Waals surface area contributed by atoms with Gasteiger partial charge in [-0.15, -0.1) is 0 Å². The van der Waals surface area contributed by atoms with Gasteiger partial charge in [0, 0.05) is 12.1 Å². The molecule has 2 N–H and O–H groups in total. The van der Waals surface area contributed by atoms with Crippen LogP contribution in [0.1, 0.15) is 22.9 Å². The lowest BCUT2D eigenvalue weighted by molar-refractivity contribution is 0.0259. The molecule has 110 valence electrons. The number of benzene rings is 2. The molecule has 0 saturated heterocycles. The van der Waals surface area contributed by atoms with Gasteiger partial charge in [0.2, 0.25) is 0 Å². The number of hydrogen-bond acceptors (Lipinski definition) is 3. The molecule has 3 aromatic rings. The van der Waals surface area contributed by atoms with Crippen LogP contribution in [-0.4, -0.2) is 9.97 Å². The molecule has 0 saturated carbocycles. The van der Waals surface area contributed by atoms with E-state index in [1.807, 2.05) is 24.3 Å². The smallest absolute Gasteiger partial charge is 0.325 e. The van der Waals surface area contributed by atoms with Gasteiger partial charge in [-0.25, -0.2) is 4.79 Å². The van der Waals surface area contributed by atoms with E-state index in [0.717, 1.165) is 16.3 Å². The van der Waals surface area contributed by atoms with Gasteiger partial charge in [0.15, 0.2) is 0 Å². The second-order valence-electron chi connectivity index (χ2n) is 5.44. The normalized spacial score (nSPS) is 17.4. The third kappa shape index (κ3) is 2.07. The van der Waals surface area contributed by atoms with E-state index in [2.05, 4.69) is 28.2 Å². The van der Waals surface area contributed by atoms with Crippen molar-refractivity contribution in [3.63, 3.8) is 0 Å². The van der Waals surface area contributed by atoms with E-state index in [4.69, 9.17) is 4.74 Å². The molecule has 22 heavy (non-hydrogen) atoms. The summed E-state index contributed by atoms with van der Waals surface area (Å²) in [5.74, 6) is 0. The molecular weight excluding hydrogens is 280 g/mol. The minimum absolute atomic E-state index is 0.170. The summed E-state index contributed by atoms with van der Waals surface area (Å²) in [6.45, 7) is 0.204. The van der Waals surface area contributed by atoms with Crippen LogP contribution in [0.3, 0.4) is 0 Å². The maximum absolute atomic E-state index is 11.8. The highest BCUT2D eigenvalue weighted by molar-refractivity contribution is 5.86. The molecule has 1 aromatic heterocycles. The van der Waals surface area contributed by atoms with Crippen molar-refractivity contribution in [3.05, 3.63) is 80.1 Å².